The molecule has 0 atom stereocenters. The maximum atomic E-state index is 13.6. The third kappa shape index (κ3) is 3.64. The monoisotopic (exact) mass is 433 g/mol. The number of nitrogens with one attached hydrogen (secondary N) is 1. The van der Waals surface area contributed by atoms with E-state index in [2.05, 4.69) is 22.2 Å². The Hall–Kier alpha value is -3.59. The van der Waals surface area contributed by atoms with Crippen molar-refractivity contribution in [2.24, 2.45) is 7.05 Å². The van der Waals surface area contributed by atoms with Gasteiger partial charge in [0.1, 0.15) is 11.5 Å². The van der Waals surface area contributed by atoms with E-state index >= 15 is 0 Å². The Kier molecular flexibility index (Phi) is 5.18. The number of hydrogen-bond acceptors (Lipinski definition) is 5. The first-order valence-corrected chi connectivity index (χ1v) is 10.6. The van der Waals surface area contributed by atoms with Gasteiger partial charge in [-0.2, -0.15) is 10.2 Å². The van der Waals surface area contributed by atoms with Crippen LogP contribution in [-0.4, -0.2) is 55.8 Å². The van der Waals surface area contributed by atoms with Crippen molar-refractivity contribution in [3.8, 4) is 22.5 Å². The second kappa shape index (κ2) is 8.16. The number of hydrogen-bond donors (Lipinski definition) is 1. The number of piperidine rings is 1. The molecule has 0 unspecified atom stereocenters. The van der Waals surface area contributed by atoms with Crippen LogP contribution in [0.15, 0.2) is 42.6 Å². The lowest BCUT2D eigenvalue weighted by Crippen LogP contribution is -2.30. The van der Waals surface area contributed by atoms with Gasteiger partial charge in [0.25, 0.3) is 0 Å². The molecule has 3 aromatic heterocycles. The number of rotatable bonds is 5. The lowest BCUT2D eigenvalue weighted by atomic mass is 9.89. The van der Waals surface area contributed by atoms with Crippen LogP contribution >= 0.6 is 0 Å². The van der Waals surface area contributed by atoms with Crippen molar-refractivity contribution in [1.82, 2.24) is 29.3 Å². The number of anilines is 1. The normalized spacial score (nSPS) is 15.3. The van der Waals surface area contributed by atoms with E-state index in [0.29, 0.717) is 23.8 Å². The third-order valence-corrected chi connectivity index (χ3v) is 6.10. The van der Waals surface area contributed by atoms with Crippen molar-refractivity contribution in [2.75, 3.05) is 25.5 Å². The Balaban J connectivity index is 1.68. The van der Waals surface area contributed by atoms with Gasteiger partial charge >= 0.3 is 0 Å². The number of likely N-dealkylation sites (tertiary alicyclic amines) is 1. The Bertz CT molecular complexity index is 1270. The largest absolute Gasteiger partial charge is 0.312 e. The molecule has 0 radical (unpaired) electrons. The molecular formula is C23H24FN7O. The predicted octanol–water partition coefficient (Wildman–Crippen LogP) is 3.31. The van der Waals surface area contributed by atoms with E-state index in [1.54, 1.807) is 22.8 Å². The summed E-state index contributed by atoms with van der Waals surface area (Å²) in [6.07, 6.45) is 4.34. The molecule has 164 valence electrons. The summed E-state index contributed by atoms with van der Waals surface area (Å²) in [7, 11) is 4.11. The number of carbonyl (C=O) groups excluding carboxylic acids is 1. The average Bonchev–Trinajstić information content (AvgIpc) is 3.35. The molecule has 0 bridgehead atoms. The summed E-state index contributed by atoms with van der Waals surface area (Å²) < 4.78 is 17.2. The smallest absolute Gasteiger partial charge is 0.212 e. The van der Waals surface area contributed by atoms with Crippen LogP contribution in [0.4, 0.5) is 10.2 Å². The van der Waals surface area contributed by atoms with Crippen LogP contribution in [0.5, 0.6) is 0 Å². The number of aryl methyl sites for hydroxylation is 1. The molecular weight excluding hydrogens is 409 g/mol. The van der Waals surface area contributed by atoms with Crippen LogP contribution < -0.4 is 5.32 Å². The van der Waals surface area contributed by atoms with E-state index in [0.717, 1.165) is 54.1 Å². The number of halogens is 1. The number of nitrogens with zero attached hydrogens (tertiary/aromatic N) is 6. The lowest BCUT2D eigenvalue weighted by molar-refractivity contribution is -0.105. The molecule has 1 saturated heterocycles. The van der Waals surface area contributed by atoms with E-state index in [4.69, 9.17) is 10.2 Å². The Morgan fingerprint density at radius 2 is 1.81 bits per heavy atom. The summed E-state index contributed by atoms with van der Waals surface area (Å²) in [5, 5.41) is 12.2. The summed E-state index contributed by atoms with van der Waals surface area (Å²) in [5.74, 6) is 0.501. The van der Waals surface area contributed by atoms with E-state index in [1.807, 2.05) is 23.9 Å². The molecule has 0 spiro atoms. The molecule has 9 heteroatoms. The highest BCUT2D eigenvalue weighted by atomic mass is 19.1. The zero-order valence-electron chi connectivity index (χ0n) is 18.0. The van der Waals surface area contributed by atoms with Gasteiger partial charge in [0.15, 0.2) is 11.5 Å². The van der Waals surface area contributed by atoms with E-state index in [-0.39, 0.29) is 5.82 Å². The van der Waals surface area contributed by atoms with Crippen molar-refractivity contribution in [3.05, 3.63) is 54.1 Å². The molecule has 1 aromatic carbocycles. The molecule has 1 amide bonds. The van der Waals surface area contributed by atoms with Crippen molar-refractivity contribution in [2.45, 2.75) is 18.8 Å². The van der Waals surface area contributed by atoms with Crippen LogP contribution in [0, 0.1) is 5.82 Å². The summed E-state index contributed by atoms with van der Waals surface area (Å²) >= 11 is 0. The zero-order valence-corrected chi connectivity index (χ0v) is 18.0. The number of fused-ring (bicyclic) bond motifs is 1. The minimum Gasteiger partial charge on any atom is -0.312 e. The molecule has 1 aliphatic rings. The number of carbonyl (C=O) groups is 1. The fourth-order valence-electron chi connectivity index (χ4n) is 4.50. The third-order valence-electron chi connectivity index (χ3n) is 6.10. The molecule has 1 fully saturated rings. The number of imidazole rings is 1. The van der Waals surface area contributed by atoms with E-state index < -0.39 is 0 Å². The van der Waals surface area contributed by atoms with Gasteiger partial charge in [0.05, 0.1) is 23.1 Å². The van der Waals surface area contributed by atoms with Crippen molar-refractivity contribution in [3.63, 3.8) is 0 Å². The lowest BCUT2D eigenvalue weighted by Gasteiger charge is -2.29. The van der Waals surface area contributed by atoms with E-state index in [9.17, 15) is 9.18 Å². The first-order valence-electron chi connectivity index (χ1n) is 10.6. The molecule has 4 aromatic rings. The van der Waals surface area contributed by atoms with Crippen LogP contribution in [0.25, 0.3) is 28.2 Å². The Morgan fingerprint density at radius 1 is 1.06 bits per heavy atom. The minimum atomic E-state index is -0.282. The predicted molar refractivity (Wildman–Crippen MR) is 120 cm³/mol. The van der Waals surface area contributed by atoms with Crippen LogP contribution in [0.2, 0.25) is 0 Å². The summed E-state index contributed by atoms with van der Waals surface area (Å²) in [6.45, 7) is 2.05. The summed E-state index contributed by atoms with van der Waals surface area (Å²) in [6, 6.07) is 10.2. The van der Waals surface area contributed by atoms with Crippen LogP contribution in [0.1, 0.15) is 24.5 Å². The summed E-state index contributed by atoms with van der Waals surface area (Å²) in [4.78, 5) is 17.5. The minimum absolute atomic E-state index is 0.282. The van der Waals surface area contributed by atoms with E-state index in [1.165, 1.54) is 12.1 Å². The highest BCUT2D eigenvalue weighted by molar-refractivity contribution is 5.82. The molecule has 4 heterocycles. The molecule has 5 rings (SSSR count). The van der Waals surface area contributed by atoms with Gasteiger partial charge in [0.2, 0.25) is 6.41 Å². The first kappa shape index (κ1) is 20.3. The van der Waals surface area contributed by atoms with Gasteiger partial charge in [-0.15, -0.1) is 0 Å². The van der Waals surface area contributed by atoms with Crippen molar-refractivity contribution < 1.29 is 9.18 Å². The molecule has 32 heavy (non-hydrogen) atoms. The average molecular weight is 433 g/mol. The molecule has 0 saturated carbocycles. The maximum Gasteiger partial charge on any atom is 0.212 e. The SMILES string of the molecule is CN1CCC(c2c(-c3ccc4nc(NC=O)cn4n3)c(-c3ccc(F)cc3)nn2C)CC1. The van der Waals surface area contributed by atoms with Crippen LogP contribution in [-0.2, 0) is 11.8 Å². The zero-order chi connectivity index (χ0) is 22.2. The second-order valence-corrected chi connectivity index (χ2v) is 8.23. The van der Waals surface area contributed by atoms with Gasteiger partial charge < -0.3 is 10.2 Å². The highest BCUT2D eigenvalue weighted by Crippen LogP contribution is 2.40. The number of benzene rings is 1. The van der Waals surface area contributed by atoms with Crippen molar-refractivity contribution >= 4 is 17.9 Å². The quantitative estimate of drug-likeness (QED) is 0.489. The second-order valence-electron chi connectivity index (χ2n) is 8.23. The Morgan fingerprint density at radius 3 is 2.53 bits per heavy atom. The van der Waals surface area contributed by atoms with Gasteiger partial charge in [0, 0.05) is 18.5 Å². The standard InChI is InChI=1S/C23H24FN7O/c1-29-11-9-16(10-12-29)23-21(22(28-30(23)2)15-3-5-17(24)6-4-15)18-7-8-20-26-19(25-14-32)13-31(20)27-18/h3-8,13-14,16H,9-12H2,1-2H3,(H,25,32). The van der Waals surface area contributed by atoms with Gasteiger partial charge in [-0.05, 0) is 69.4 Å². The maximum absolute atomic E-state index is 13.6. The molecule has 0 aliphatic carbocycles. The fraction of sp³-hybridized carbons (Fsp3) is 0.304. The first-order chi connectivity index (χ1) is 15.5. The summed E-state index contributed by atoms with van der Waals surface area (Å²) in [5.41, 5.74) is 5.09. The number of aromatic nitrogens is 5. The Labute approximate surface area is 184 Å². The molecule has 1 N–H and O–H groups in total. The van der Waals surface area contributed by atoms with Gasteiger partial charge in [-0.1, -0.05) is 0 Å². The van der Waals surface area contributed by atoms with Crippen LogP contribution in [0.3, 0.4) is 0 Å². The van der Waals surface area contributed by atoms with Gasteiger partial charge in [-0.3, -0.25) is 9.48 Å². The molecule has 8 nitrogen and oxygen atoms in total. The van der Waals surface area contributed by atoms with Gasteiger partial charge in [-0.25, -0.2) is 13.9 Å². The molecule has 1 aliphatic heterocycles. The van der Waals surface area contributed by atoms with Crippen molar-refractivity contribution in [1.29, 1.82) is 0 Å². The topological polar surface area (TPSA) is 80.3 Å². The fourth-order valence-corrected chi connectivity index (χ4v) is 4.50. The highest BCUT2D eigenvalue weighted by Gasteiger charge is 2.29. The number of amides is 1.